The Morgan fingerprint density at radius 2 is 1.72 bits per heavy atom. The number of carboxylic acid groups (broad SMARTS) is 1. The van der Waals surface area contributed by atoms with Crippen LogP contribution in [0.5, 0.6) is 0 Å². The summed E-state index contributed by atoms with van der Waals surface area (Å²) in [4.78, 5) is 35.5. The maximum Gasteiger partial charge on any atom is 0.335 e. The van der Waals surface area contributed by atoms with Crippen LogP contribution in [-0.2, 0) is 20.7 Å². The number of esters is 1. The Kier molecular flexibility index (Phi) is 7.15. The van der Waals surface area contributed by atoms with Gasteiger partial charge in [0.05, 0.1) is 12.0 Å². The molecular weight excluding hydrogens is 322 g/mol. The molecule has 6 nitrogen and oxygen atoms in total. The van der Waals surface area contributed by atoms with Gasteiger partial charge in [-0.25, -0.2) is 9.59 Å². The van der Waals surface area contributed by atoms with Crippen molar-refractivity contribution in [2.45, 2.75) is 59.1 Å². The molecule has 0 radical (unpaired) electrons. The number of carbonyl (C=O) groups is 3. The van der Waals surface area contributed by atoms with E-state index in [4.69, 9.17) is 9.84 Å². The van der Waals surface area contributed by atoms with Crippen LogP contribution in [-0.4, -0.2) is 34.6 Å². The Morgan fingerprint density at radius 3 is 2.16 bits per heavy atom. The number of ether oxygens (including phenoxy) is 1. The Hall–Kier alpha value is -2.37. The molecular formula is C19H27NO5. The third kappa shape index (κ3) is 6.95. The summed E-state index contributed by atoms with van der Waals surface area (Å²) in [5.74, 6) is -1.83. The van der Waals surface area contributed by atoms with E-state index in [-0.39, 0.29) is 23.8 Å². The normalized spacial score (nSPS) is 13.6. The summed E-state index contributed by atoms with van der Waals surface area (Å²) < 4.78 is 5.40. The van der Waals surface area contributed by atoms with E-state index in [1.807, 2.05) is 13.8 Å². The number of rotatable bonds is 7. The third-order valence-corrected chi connectivity index (χ3v) is 3.76. The average Bonchev–Trinajstić information content (AvgIpc) is 2.50. The lowest BCUT2D eigenvalue weighted by Crippen LogP contribution is -2.48. The molecule has 0 saturated heterocycles. The Bertz CT molecular complexity index is 616. The molecule has 1 amide bonds. The maximum atomic E-state index is 12.4. The van der Waals surface area contributed by atoms with Gasteiger partial charge in [0.1, 0.15) is 11.6 Å². The molecule has 1 aromatic carbocycles. The van der Waals surface area contributed by atoms with Crippen molar-refractivity contribution in [1.82, 2.24) is 5.32 Å². The fraction of sp³-hybridized carbons (Fsp3) is 0.526. The molecule has 0 saturated carbocycles. The minimum absolute atomic E-state index is 0.0619. The fourth-order valence-corrected chi connectivity index (χ4v) is 2.21. The van der Waals surface area contributed by atoms with Crippen LogP contribution in [0.1, 0.15) is 57.0 Å². The van der Waals surface area contributed by atoms with Crippen molar-refractivity contribution in [3.8, 4) is 0 Å². The summed E-state index contributed by atoms with van der Waals surface area (Å²) in [6, 6.07) is 5.37. The van der Waals surface area contributed by atoms with Crippen LogP contribution in [0, 0.1) is 5.92 Å². The lowest BCUT2D eigenvalue weighted by atomic mass is 9.98. The number of amides is 1. The number of hydrogen-bond donors (Lipinski definition) is 2. The molecule has 0 bridgehead atoms. The van der Waals surface area contributed by atoms with Crippen molar-refractivity contribution in [3.63, 3.8) is 0 Å². The number of benzene rings is 1. The first-order chi connectivity index (χ1) is 11.5. The molecule has 25 heavy (non-hydrogen) atoms. The summed E-state index contributed by atoms with van der Waals surface area (Å²) in [6.45, 7) is 9.18. The second-order valence-electron chi connectivity index (χ2n) is 7.14. The van der Waals surface area contributed by atoms with Crippen molar-refractivity contribution in [3.05, 3.63) is 35.4 Å². The van der Waals surface area contributed by atoms with Crippen LogP contribution in [0.25, 0.3) is 0 Å². The molecule has 0 spiro atoms. The van der Waals surface area contributed by atoms with Crippen molar-refractivity contribution < 1.29 is 24.2 Å². The van der Waals surface area contributed by atoms with Crippen molar-refractivity contribution >= 4 is 17.8 Å². The second-order valence-corrected chi connectivity index (χ2v) is 7.14. The number of nitrogens with one attached hydrogen (secondary N) is 1. The molecule has 1 aromatic rings. The van der Waals surface area contributed by atoms with Gasteiger partial charge in [-0.2, -0.15) is 0 Å². The van der Waals surface area contributed by atoms with Gasteiger partial charge in [0.25, 0.3) is 0 Å². The van der Waals surface area contributed by atoms with E-state index >= 15 is 0 Å². The molecule has 2 atom stereocenters. The first-order valence-corrected chi connectivity index (χ1v) is 8.38. The summed E-state index contributed by atoms with van der Waals surface area (Å²) in [7, 11) is 0. The second kappa shape index (κ2) is 8.65. The highest BCUT2D eigenvalue weighted by Gasteiger charge is 2.30. The van der Waals surface area contributed by atoms with Crippen molar-refractivity contribution in [2.24, 2.45) is 5.92 Å². The van der Waals surface area contributed by atoms with E-state index < -0.39 is 23.6 Å². The topological polar surface area (TPSA) is 92.7 Å². The number of aromatic carboxylic acids is 1. The van der Waals surface area contributed by atoms with Gasteiger partial charge < -0.3 is 15.2 Å². The molecule has 0 aromatic heterocycles. The zero-order valence-corrected chi connectivity index (χ0v) is 15.5. The minimum atomic E-state index is -1.02. The summed E-state index contributed by atoms with van der Waals surface area (Å²) in [5, 5.41) is 11.6. The highest BCUT2D eigenvalue weighted by atomic mass is 16.6. The molecule has 0 unspecified atom stereocenters. The molecule has 6 heteroatoms. The van der Waals surface area contributed by atoms with E-state index in [1.165, 1.54) is 12.1 Å². The molecule has 0 fully saturated rings. The zero-order chi connectivity index (χ0) is 19.2. The number of hydrogen-bond acceptors (Lipinski definition) is 4. The van der Waals surface area contributed by atoms with Crippen LogP contribution in [0.2, 0.25) is 0 Å². The highest BCUT2D eigenvalue weighted by molar-refractivity contribution is 5.88. The van der Waals surface area contributed by atoms with Crippen LogP contribution < -0.4 is 5.32 Å². The Labute approximate surface area is 148 Å². The van der Waals surface area contributed by atoms with Gasteiger partial charge in [-0.3, -0.25) is 4.79 Å². The average molecular weight is 349 g/mol. The van der Waals surface area contributed by atoms with Crippen molar-refractivity contribution in [1.29, 1.82) is 0 Å². The molecule has 2 N–H and O–H groups in total. The standard InChI is InChI=1S/C19H27NO5/c1-6-12(2)16(18(24)25-19(3,4)5)20-15(21)11-13-7-9-14(10-8-13)17(22)23/h7-10,12,16H,6,11H2,1-5H3,(H,20,21)(H,22,23)/t12-,16-/m0/s1. The largest absolute Gasteiger partial charge is 0.478 e. The summed E-state index contributed by atoms with van der Waals surface area (Å²) in [5.41, 5.74) is 0.213. The van der Waals surface area contributed by atoms with Gasteiger partial charge in [0.2, 0.25) is 5.91 Å². The lowest BCUT2D eigenvalue weighted by molar-refractivity contribution is -0.160. The zero-order valence-electron chi connectivity index (χ0n) is 15.5. The molecule has 0 aliphatic heterocycles. The first kappa shape index (κ1) is 20.7. The monoisotopic (exact) mass is 349 g/mol. The number of carbonyl (C=O) groups excluding carboxylic acids is 2. The van der Waals surface area contributed by atoms with E-state index in [0.29, 0.717) is 5.56 Å². The predicted octanol–water partition coefficient (Wildman–Crippen LogP) is 2.80. The SMILES string of the molecule is CC[C@H](C)[C@H](NC(=O)Cc1ccc(C(=O)O)cc1)C(=O)OC(C)(C)C. The highest BCUT2D eigenvalue weighted by Crippen LogP contribution is 2.15. The molecule has 0 heterocycles. The van der Waals surface area contributed by atoms with Gasteiger partial charge in [0.15, 0.2) is 0 Å². The van der Waals surface area contributed by atoms with E-state index in [9.17, 15) is 14.4 Å². The molecule has 0 aliphatic carbocycles. The van der Waals surface area contributed by atoms with Gasteiger partial charge in [-0.05, 0) is 44.4 Å². The maximum absolute atomic E-state index is 12.4. The van der Waals surface area contributed by atoms with Gasteiger partial charge in [-0.1, -0.05) is 32.4 Å². The van der Waals surface area contributed by atoms with E-state index in [0.717, 1.165) is 6.42 Å². The van der Waals surface area contributed by atoms with Crippen LogP contribution in [0.3, 0.4) is 0 Å². The van der Waals surface area contributed by atoms with Crippen LogP contribution >= 0.6 is 0 Å². The summed E-state index contributed by atoms with van der Waals surface area (Å²) in [6.07, 6.45) is 0.785. The first-order valence-electron chi connectivity index (χ1n) is 8.38. The van der Waals surface area contributed by atoms with E-state index in [1.54, 1.807) is 32.9 Å². The fourth-order valence-electron chi connectivity index (χ4n) is 2.21. The van der Waals surface area contributed by atoms with Crippen LogP contribution in [0.15, 0.2) is 24.3 Å². The van der Waals surface area contributed by atoms with Gasteiger partial charge in [-0.15, -0.1) is 0 Å². The quantitative estimate of drug-likeness (QED) is 0.739. The number of carboxylic acids is 1. The lowest BCUT2D eigenvalue weighted by Gasteiger charge is -2.27. The Morgan fingerprint density at radius 1 is 1.16 bits per heavy atom. The molecule has 0 aliphatic rings. The summed E-state index contributed by atoms with van der Waals surface area (Å²) >= 11 is 0. The predicted molar refractivity (Wildman–Crippen MR) is 94.3 cm³/mol. The van der Waals surface area contributed by atoms with Gasteiger partial charge >= 0.3 is 11.9 Å². The Balaban J connectivity index is 2.77. The molecule has 1 rings (SSSR count). The molecule has 138 valence electrons. The smallest absolute Gasteiger partial charge is 0.335 e. The minimum Gasteiger partial charge on any atom is -0.478 e. The van der Waals surface area contributed by atoms with Gasteiger partial charge in [0, 0.05) is 0 Å². The third-order valence-electron chi connectivity index (χ3n) is 3.76. The van der Waals surface area contributed by atoms with Crippen molar-refractivity contribution in [2.75, 3.05) is 0 Å². The van der Waals surface area contributed by atoms with Crippen LogP contribution in [0.4, 0.5) is 0 Å². The van der Waals surface area contributed by atoms with E-state index in [2.05, 4.69) is 5.32 Å².